The number of nitrogens with zero attached hydrogens (tertiary/aromatic N) is 3. The number of alkyl halides is 3. The van der Waals surface area contributed by atoms with Crippen molar-refractivity contribution in [2.24, 2.45) is 16.1 Å². The molecule has 1 atom stereocenters. The monoisotopic (exact) mass is 492 g/mol. The van der Waals surface area contributed by atoms with Crippen molar-refractivity contribution >= 4 is 6.02 Å². The van der Waals surface area contributed by atoms with E-state index in [9.17, 15) is 13.2 Å². The van der Waals surface area contributed by atoms with Gasteiger partial charge in [-0.05, 0) is 36.8 Å². The average molecular weight is 492 g/mol. The van der Waals surface area contributed by atoms with Crippen molar-refractivity contribution < 1.29 is 27.4 Å². The molecule has 6 rings (SSSR count). The van der Waals surface area contributed by atoms with Crippen molar-refractivity contribution in [1.29, 1.82) is 0 Å². The minimum Gasteiger partial charge on any atom is -0.462 e. The number of amidine groups is 1. The van der Waals surface area contributed by atoms with Crippen molar-refractivity contribution in [3.8, 4) is 34.6 Å². The third-order valence-electron chi connectivity index (χ3n) is 6.41. The highest BCUT2D eigenvalue weighted by Gasteiger charge is 2.48. The van der Waals surface area contributed by atoms with Gasteiger partial charge in [-0.3, -0.25) is 4.98 Å². The van der Waals surface area contributed by atoms with Gasteiger partial charge in [-0.2, -0.15) is 13.2 Å². The van der Waals surface area contributed by atoms with E-state index in [1.165, 1.54) is 6.20 Å². The van der Waals surface area contributed by atoms with E-state index in [2.05, 4.69) is 26.8 Å². The lowest BCUT2D eigenvalue weighted by atomic mass is 9.81. The zero-order valence-corrected chi connectivity index (χ0v) is 19.0. The van der Waals surface area contributed by atoms with Gasteiger partial charge in [0.1, 0.15) is 12.4 Å². The molecule has 7 nitrogen and oxygen atoms in total. The molecule has 0 unspecified atom stereocenters. The van der Waals surface area contributed by atoms with Crippen LogP contribution in [0.2, 0.25) is 0 Å². The molecule has 3 aromatic rings. The molecule has 3 aliphatic heterocycles. The predicted molar refractivity (Wildman–Crippen MR) is 123 cm³/mol. The molecule has 0 radical (unpaired) electrons. The van der Waals surface area contributed by atoms with Gasteiger partial charge in [-0.1, -0.05) is 17.9 Å². The summed E-state index contributed by atoms with van der Waals surface area (Å²) in [6, 6.07) is 7.96. The maximum absolute atomic E-state index is 13.3. The largest absolute Gasteiger partial charge is 0.462 e. The smallest absolute Gasteiger partial charge is 0.417 e. The van der Waals surface area contributed by atoms with Crippen LogP contribution in [0.25, 0.3) is 11.1 Å². The molecular weight excluding hydrogens is 473 g/mol. The summed E-state index contributed by atoms with van der Waals surface area (Å²) < 4.78 is 56.7. The maximum atomic E-state index is 13.3. The van der Waals surface area contributed by atoms with Crippen LogP contribution < -0.4 is 10.5 Å². The van der Waals surface area contributed by atoms with Crippen LogP contribution in [0.1, 0.15) is 29.2 Å². The number of hydrogen-bond acceptors (Lipinski definition) is 7. The van der Waals surface area contributed by atoms with Crippen molar-refractivity contribution in [2.45, 2.75) is 18.6 Å². The van der Waals surface area contributed by atoms with Gasteiger partial charge in [0, 0.05) is 35.3 Å². The van der Waals surface area contributed by atoms with Crippen LogP contribution in [0.3, 0.4) is 0 Å². The van der Waals surface area contributed by atoms with E-state index >= 15 is 0 Å². The Labute approximate surface area is 204 Å². The third-order valence-corrected chi connectivity index (χ3v) is 6.41. The quantitative estimate of drug-likeness (QED) is 0.511. The number of fused-ring (bicyclic) bond motifs is 4. The van der Waals surface area contributed by atoms with E-state index in [1.54, 1.807) is 24.4 Å². The first-order valence-corrected chi connectivity index (χ1v) is 11.1. The van der Waals surface area contributed by atoms with Crippen molar-refractivity contribution in [3.63, 3.8) is 0 Å². The summed E-state index contributed by atoms with van der Waals surface area (Å²) in [6.07, 6.45) is -0.712. The first kappa shape index (κ1) is 22.4. The minimum absolute atomic E-state index is 0.00412. The van der Waals surface area contributed by atoms with Gasteiger partial charge in [0.05, 0.1) is 29.8 Å². The molecule has 2 aromatic heterocycles. The zero-order chi connectivity index (χ0) is 25.1. The van der Waals surface area contributed by atoms with E-state index in [0.29, 0.717) is 52.7 Å². The molecule has 2 N–H and O–H groups in total. The highest BCUT2D eigenvalue weighted by molar-refractivity contribution is 5.77. The first-order chi connectivity index (χ1) is 17.2. The van der Waals surface area contributed by atoms with Gasteiger partial charge < -0.3 is 19.9 Å². The van der Waals surface area contributed by atoms with Crippen LogP contribution in [-0.2, 0) is 21.2 Å². The summed E-state index contributed by atoms with van der Waals surface area (Å²) in [5.41, 5.74) is 6.49. The Hall–Kier alpha value is -4.10. The first-order valence-electron chi connectivity index (χ1n) is 11.1. The Balaban J connectivity index is 1.47. The number of nitrogens with two attached hydrogens (primary N) is 1. The number of pyridine rings is 2. The third kappa shape index (κ3) is 3.63. The van der Waals surface area contributed by atoms with Crippen molar-refractivity contribution in [2.75, 3.05) is 19.8 Å². The van der Waals surface area contributed by atoms with Crippen LogP contribution in [0.4, 0.5) is 13.2 Å². The Morgan fingerprint density at radius 2 is 1.83 bits per heavy atom. The van der Waals surface area contributed by atoms with E-state index in [-0.39, 0.29) is 18.0 Å². The summed E-state index contributed by atoms with van der Waals surface area (Å²) in [5.74, 6) is 7.17. The van der Waals surface area contributed by atoms with E-state index in [4.69, 9.17) is 19.9 Å². The normalized spacial score (nSPS) is 21.2. The average Bonchev–Trinajstić information content (AvgIpc) is 3.23. The fourth-order valence-electron chi connectivity index (χ4n) is 4.43. The summed E-state index contributed by atoms with van der Waals surface area (Å²) >= 11 is 0. The van der Waals surface area contributed by atoms with Crippen LogP contribution in [0.5, 0.6) is 11.6 Å². The molecule has 10 heteroatoms. The second-order valence-electron chi connectivity index (χ2n) is 9.25. The van der Waals surface area contributed by atoms with Crippen LogP contribution in [0.15, 0.2) is 53.9 Å². The van der Waals surface area contributed by atoms with Crippen molar-refractivity contribution in [1.82, 2.24) is 9.97 Å². The second-order valence-corrected chi connectivity index (χ2v) is 9.25. The lowest BCUT2D eigenvalue weighted by molar-refractivity contribution is -0.137. The van der Waals surface area contributed by atoms with Crippen LogP contribution >= 0.6 is 0 Å². The van der Waals surface area contributed by atoms with E-state index in [1.807, 2.05) is 13.0 Å². The van der Waals surface area contributed by atoms with E-state index in [0.717, 1.165) is 12.3 Å². The molecule has 182 valence electrons. The molecule has 0 aliphatic carbocycles. The van der Waals surface area contributed by atoms with Crippen LogP contribution in [0, 0.1) is 17.3 Å². The highest BCUT2D eigenvalue weighted by Crippen LogP contribution is 2.51. The molecule has 5 heterocycles. The Morgan fingerprint density at radius 3 is 2.53 bits per heavy atom. The summed E-state index contributed by atoms with van der Waals surface area (Å²) in [6.45, 7) is 3.24. The summed E-state index contributed by atoms with van der Waals surface area (Å²) in [4.78, 5) is 12.9. The Bertz CT molecular complexity index is 1490. The Kier molecular flexibility index (Phi) is 4.78. The molecule has 0 saturated carbocycles. The number of benzene rings is 1. The molecule has 0 bridgehead atoms. The second kappa shape index (κ2) is 7.70. The molecule has 1 spiro atoms. The fourth-order valence-corrected chi connectivity index (χ4v) is 4.43. The number of rotatable bonds is 1. The van der Waals surface area contributed by atoms with Gasteiger partial charge in [-0.25, -0.2) is 9.98 Å². The minimum atomic E-state index is -4.51. The van der Waals surface area contributed by atoms with Gasteiger partial charge in [-0.15, -0.1) is 0 Å². The zero-order valence-electron chi connectivity index (χ0n) is 19.0. The lowest BCUT2D eigenvalue weighted by Crippen LogP contribution is -2.38. The number of halogens is 3. The Morgan fingerprint density at radius 1 is 1.00 bits per heavy atom. The maximum Gasteiger partial charge on any atom is 0.417 e. The molecule has 1 fully saturated rings. The highest BCUT2D eigenvalue weighted by atomic mass is 19.4. The number of ether oxygens (including phenoxy) is 3. The number of aromatic nitrogens is 2. The lowest BCUT2D eigenvalue weighted by Gasteiger charge is -2.33. The van der Waals surface area contributed by atoms with Gasteiger partial charge in [0.15, 0.2) is 5.54 Å². The van der Waals surface area contributed by atoms with Gasteiger partial charge in [0.2, 0.25) is 5.88 Å². The number of hydrogen-bond donors (Lipinski definition) is 1. The topological polar surface area (TPSA) is 91.9 Å². The van der Waals surface area contributed by atoms with Gasteiger partial charge >= 0.3 is 6.18 Å². The molecule has 3 aliphatic rings. The van der Waals surface area contributed by atoms with E-state index < -0.39 is 17.3 Å². The SMILES string of the molecule is CC1(C#Cc2cnc3c(c2)[C@]2(COC(N)=N2)c2cc(-c4cncc(C(F)(F)F)c4)ccc2O3)COC1. The number of aliphatic imine (C=N–C) groups is 1. The fraction of sp³-hybridized carbons (Fsp3) is 0.269. The molecule has 0 amide bonds. The summed E-state index contributed by atoms with van der Waals surface area (Å²) in [5, 5.41) is 0. The predicted octanol–water partition coefficient (Wildman–Crippen LogP) is 4.24. The van der Waals surface area contributed by atoms with Gasteiger partial charge in [0.25, 0.3) is 6.02 Å². The molecule has 1 aromatic carbocycles. The summed E-state index contributed by atoms with van der Waals surface area (Å²) in [7, 11) is 0. The van der Waals surface area contributed by atoms with Crippen molar-refractivity contribution in [3.05, 3.63) is 71.2 Å². The molecule has 1 saturated heterocycles. The molecular formula is C26H19F3N4O3. The standard InChI is InChI=1S/C26H19F3N4O3/c1-24(12-34-13-24)5-4-15-6-20-22(32-9-15)36-21-3-2-16(8-19(21)25(20)14-35-23(30)33-25)17-7-18(11-31-10-17)26(27,28)29/h2-3,6-11H,12-14H2,1H3,(H2,30,33)/t25-/m0/s1. The van der Waals surface area contributed by atoms with Crippen LogP contribution in [-0.4, -0.2) is 35.8 Å². The molecule has 36 heavy (non-hydrogen) atoms.